The monoisotopic (exact) mass is 708 g/mol. The van der Waals surface area contributed by atoms with E-state index in [1.807, 2.05) is 24.3 Å². The van der Waals surface area contributed by atoms with Crippen LogP contribution in [0, 0.1) is 11.8 Å². The lowest BCUT2D eigenvalue weighted by molar-refractivity contribution is -0.167. The molecule has 290 valence electrons. The molecule has 2 amide bonds. The molecule has 3 unspecified atom stereocenters. The Morgan fingerprint density at radius 3 is 1.27 bits per heavy atom. The molecule has 0 bridgehead atoms. The quantitative estimate of drug-likeness (QED) is 0.0285. The molecule has 3 atom stereocenters. The zero-order chi connectivity index (χ0) is 36.5. The van der Waals surface area contributed by atoms with Gasteiger partial charge < -0.3 is 9.47 Å². The van der Waals surface area contributed by atoms with E-state index in [0.717, 1.165) is 32.1 Å². The average molecular weight is 708 g/mol. The van der Waals surface area contributed by atoms with Crippen LogP contribution in [-0.2, 0) is 19.1 Å². The Morgan fingerprint density at radius 1 is 0.510 bits per heavy atom. The van der Waals surface area contributed by atoms with Crippen molar-refractivity contribution in [1.29, 1.82) is 0 Å². The fraction of sp³-hybridized carbons (Fsp3) is 0.739. The summed E-state index contributed by atoms with van der Waals surface area (Å²) in [6.07, 6.45) is 53.1. The highest BCUT2D eigenvalue weighted by atomic mass is 16.7. The van der Waals surface area contributed by atoms with E-state index in [1.165, 1.54) is 140 Å². The summed E-state index contributed by atoms with van der Waals surface area (Å²) >= 11 is 0. The largest absolute Gasteiger partial charge is 0.351 e. The first-order valence-electron chi connectivity index (χ1n) is 21.6. The van der Waals surface area contributed by atoms with E-state index in [2.05, 4.69) is 50.3 Å². The Bertz CT molecular complexity index is 981. The minimum absolute atomic E-state index is 0.129. The number of nitrogens with zero attached hydrogens (tertiary/aromatic N) is 1. The van der Waals surface area contributed by atoms with Crippen molar-refractivity contribution in [2.24, 2.45) is 11.8 Å². The van der Waals surface area contributed by atoms with Gasteiger partial charge in [0.25, 0.3) is 0 Å². The van der Waals surface area contributed by atoms with Crippen molar-refractivity contribution >= 4 is 11.8 Å². The second-order valence-electron chi connectivity index (χ2n) is 14.8. The third-order valence-corrected chi connectivity index (χ3v) is 10.2. The predicted molar refractivity (Wildman–Crippen MR) is 216 cm³/mol. The molecule has 0 spiro atoms. The molecule has 1 aliphatic heterocycles. The molecule has 0 N–H and O–H groups in total. The molecule has 5 heteroatoms. The molecular formula is C46H77NO4. The first-order valence-corrected chi connectivity index (χ1v) is 21.6. The molecule has 0 aromatic carbocycles. The SMILES string of the molecule is CCCCC/C=C\C/C=C\CCCCCCCCOC(CN1C(=O)C2C=CC=CC2C1=O)OCCCCCCCCCCC/C=C\CCCCC. The summed E-state index contributed by atoms with van der Waals surface area (Å²) in [4.78, 5) is 27.5. The zero-order valence-electron chi connectivity index (χ0n) is 33.1. The number of hydrogen-bond donors (Lipinski definition) is 0. The number of allylic oxidation sites excluding steroid dienone is 8. The zero-order valence-corrected chi connectivity index (χ0v) is 33.1. The van der Waals surface area contributed by atoms with Gasteiger partial charge in [0.05, 0.1) is 18.4 Å². The van der Waals surface area contributed by atoms with Crippen LogP contribution >= 0.6 is 0 Å². The van der Waals surface area contributed by atoms with E-state index < -0.39 is 6.29 Å². The Labute approximate surface area is 314 Å². The number of imide groups is 1. The summed E-state index contributed by atoms with van der Waals surface area (Å²) in [5.74, 6) is -1.02. The van der Waals surface area contributed by atoms with Crippen molar-refractivity contribution in [3.63, 3.8) is 0 Å². The van der Waals surface area contributed by atoms with Gasteiger partial charge in [0.2, 0.25) is 11.8 Å². The van der Waals surface area contributed by atoms with Gasteiger partial charge in [-0.2, -0.15) is 0 Å². The molecule has 1 heterocycles. The minimum atomic E-state index is -0.560. The van der Waals surface area contributed by atoms with Crippen molar-refractivity contribution in [3.05, 3.63) is 60.8 Å². The Kier molecular flexibility index (Phi) is 28.5. The number of hydrogen-bond acceptors (Lipinski definition) is 4. The molecule has 0 radical (unpaired) electrons. The van der Waals surface area contributed by atoms with Gasteiger partial charge >= 0.3 is 0 Å². The van der Waals surface area contributed by atoms with Crippen LogP contribution in [-0.4, -0.2) is 42.8 Å². The van der Waals surface area contributed by atoms with Gasteiger partial charge in [-0.15, -0.1) is 0 Å². The first-order chi connectivity index (χ1) is 25.2. The van der Waals surface area contributed by atoms with E-state index in [0.29, 0.717) is 13.2 Å². The highest BCUT2D eigenvalue weighted by Gasteiger charge is 2.46. The number of ether oxygens (including phenoxy) is 2. The number of likely N-dealkylation sites (tertiary alicyclic amines) is 1. The summed E-state index contributed by atoms with van der Waals surface area (Å²) < 4.78 is 12.4. The second kappa shape index (κ2) is 32.4. The third kappa shape index (κ3) is 22.4. The molecule has 0 aromatic heterocycles. The molecule has 51 heavy (non-hydrogen) atoms. The van der Waals surface area contributed by atoms with E-state index in [1.54, 1.807) is 0 Å². The van der Waals surface area contributed by atoms with Gasteiger partial charge in [0.1, 0.15) is 0 Å². The topological polar surface area (TPSA) is 55.8 Å². The molecular weight excluding hydrogens is 631 g/mol. The van der Waals surface area contributed by atoms with Gasteiger partial charge in [-0.3, -0.25) is 14.5 Å². The van der Waals surface area contributed by atoms with E-state index in [4.69, 9.17) is 9.47 Å². The van der Waals surface area contributed by atoms with Crippen molar-refractivity contribution in [3.8, 4) is 0 Å². The lowest BCUT2D eigenvalue weighted by Gasteiger charge is -2.23. The molecule has 2 aliphatic rings. The van der Waals surface area contributed by atoms with Crippen LogP contribution in [0.25, 0.3) is 0 Å². The lowest BCUT2D eigenvalue weighted by atomic mass is 9.91. The standard InChI is InChI=1S/C46H77NO4/c1-3-5-7-9-11-13-15-17-19-21-23-25-27-29-31-35-39-50-44(41-47-45(48)42-37-33-34-38-43(42)46(47)49)51-40-36-32-30-28-26-24-22-20-18-16-14-12-10-8-6-4-2/h11-14,17,19,33-34,37-38,42-44H,3-10,15-16,18,20-32,35-36,39-41H2,1-2H3/b13-11-,14-12-,19-17-. The van der Waals surface area contributed by atoms with Crippen LogP contribution < -0.4 is 0 Å². The molecule has 0 saturated carbocycles. The Hall–Kier alpha value is -2.24. The number of carbonyl (C=O) groups is 2. The smallest absolute Gasteiger partial charge is 0.237 e. The lowest BCUT2D eigenvalue weighted by Crippen LogP contribution is -2.40. The van der Waals surface area contributed by atoms with Gasteiger partial charge in [0.15, 0.2) is 6.29 Å². The second-order valence-corrected chi connectivity index (χ2v) is 14.8. The van der Waals surface area contributed by atoms with Crippen molar-refractivity contribution in [2.45, 2.75) is 187 Å². The summed E-state index contributed by atoms with van der Waals surface area (Å²) in [6.45, 7) is 5.89. The van der Waals surface area contributed by atoms with Crippen molar-refractivity contribution in [2.75, 3.05) is 19.8 Å². The maximum absolute atomic E-state index is 13.1. The number of amides is 2. The highest BCUT2D eigenvalue weighted by Crippen LogP contribution is 2.31. The van der Waals surface area contributed by atoms with Gasteiger partial charge in [-0.25, -0.2) is 0 Å². The van der Waals surface area contributed by atoms with E-state index in [9.17, 15) is 9.59 Å². The summed E-state index contributed by atoms with van der Waals surface area (Å²) in [6, 6.07) is 0. The number of unbranched alkanes of at least 4 members (excludes halogenated alkanes) is 21. The summed E-state index contributed by atoms with van der Waals surface area (Å²) in [7, 11) is 0. The van der Waals surface area contributed by atoms with Crippen LogP contribution in [0.5, 0.6) is 0 Å². The minimum Gasteiger partial charge on any atom is -0.351 e. The first kappa shape index (κ1) is 44.9. The number of rotatable bonds is 35. The fourth-order valence-corrected chi connectivity index (χ4v) is 6.90. The molecule has 1 saturated heterocycles. The third-order valence-electron chi connectivity index (χ3n) is 10.2. The van der Waals surface area contributed by atoms with Crippen LogP contribution in [0.3, 0.4) is 0 Å². The van der Waals surface area contributed by atoms with Gasteiger partial charge in [-0.1, -0.05) is 171 Å². The molecule has 1 fully saturated rings. The maximum Gasteiger partial charge on any atom is 0.237 e. The number of fused-ring (bicyclic) bond motifs is 1. The normalized spacial score (nSPS) is 18.0. The van der Waals surface area contributed by atoms with E-state index >= 15 is 0 Å². The Balaban J connectivity index is 1.56. The maximum atomic E-state index is 13.1. The van der Waals surface area contributed by atoms with Crippen LogP contribution in [0.15, 0.2) is 60.8 Å². The molecule has 2 rings (SSSR count). The highest BCUT2D eigenvalue weighted by molar-refractivity contribution is 6.07. The fourth-order valence-electron chi connectivity index (χ4n) is 6.90. The molecule has 5 nitrogen and oxygen atoms in total. The average Bonchev–Trinajstić information content (AvgIpc) is 3.38. The predicted octanol–water partition coefficient (Wildman–Crippen LogP) is 12.9. The van der Waals surface area contributed by atoms with Crippen molar-refractivity contribution in [1.82, 2.24) is 4.90 Å². The van der Waals surface area contributed by atoms with Crippen LogP contribution in [0.1, 0.15) is 181 Å². The Morgan fingerprint density at radius 2 is 0.863 bits per heavy atom. The molecule has 1 aliphatic carbocycles. The van der Waals surface area contributed by atoms with Crippen molar-refractivity contribution < 1.29 is 19.1 Å². The summed E-state index contributed by atoms with van der Waals surface area (Å²) in [5, 5.41) is 0. The van der Waals surface area contributed by atoms with Crippen LogP contribution in [0.2, 0.25) is 0 Å². The van der Waals surface area contributed by atoms with E-state index in [-0.39, 0.29) is 30.2 Å². The van der Waals surface area contributed by atoms with Crippen LogP contribution in [0.4, 0.5) is 0 Å². The number of carbonyl (C=O) groups excluding carboxylic acids is 2. The summed E-state index contributed by atoms with van der Waals surface area (Å²) in [5.41, 5.74) is 0. The van der Waals surface area contributed by atoms with Gasteiger partial charge in [-0.05, 0) is 70.6 Å². The molecule has 0 aromatic rings. The van der Waals surface area contributed by atoms with Gasteiger partial charge in [0, 0.05) is 13.2 Å².